The molecule has 26 heavy (non-hydrogen) atoms. The van der Waals surface area contributed by atoms with E-state index in [1.54, 1.807) is 36.4 Å². The van der Waals surface area contributed by atoms with E-state index in [4.69, 9.17) is 26.8 Å². The highest BCUT2D eigenvalue weighted by Gasteiger charge is 2.12. The average Bonchev–Trinajstić information content (AvgIpc) is 2.61. The molecule has 0 spiro atoms. The summed E-state index contributed by atoms with van der Waals surface area (Å²) in [6, 6.07) is 10.2. The van der Waals surface area contributed by atoms with Gasteiger partial charge in [0.25, 0.3) is 5.91 Å². The van der Waals surface area contributed by atoms with Gasteiger partial charge in [-0.1, -0.05) is 30.7 Å². The zero-order chi connectivity index (χ0) is 18.9. The second-order valence-corrected chi connectivity index (χ2v) is 5.81. The van der Waals surface area contributed by atoms with Crippen molar-refractivity contribution in [1.82, 2.24) is 5.43 Å². The fourth-order valence-electron chi connectivity index (χ4n) is 2.20. The lowest BCUT2D eigenvalue weighted by Crippen LogP contribution is -2.19. The van der Waals surface area contributed by atoms with Crippen LogP contribution in [0, 0.1) is 0 Å². The smallest absolute Gasteiger partial charge is 0.273 e. The van der Waals surface area contributed by atoms with Gasteiger partial charge in [0, 0.05) is 5.69 Å². The number of hydrogen-bond donors (Lipinski definition) is 2. The Kier molecular flexibility index (Phi) is 7.29. The van der Waals surface area contributed by atoms with E-state index < -0.39 is 5.91 Å². The summed E-state index contributed by atoms with van der Waals surface area (Å²) in [6.07, 6.45) is 2.34. The van der Waals surface area contributed by atoms with Gasteiger partial charge in [0.2, 0.25) is 0 Å². The molecule has 0 saturated heterocycles. The van der Waals surface area contributed by atoms with Crippen LogP contribution in [-0.2, 0) is 0 Å². The molecule has 0 atom stereocenters. The van der Waals surface area contributed by atoms with E-state index in [1.807, 2.05) is 13.8 Å². The van der Waals surface area contributed by atoms with Crippen LogP contribution in [-0.4, -0.2) is 25.3 Å². The molecule has 0 saturated carbocycles. The van der Waals surface area contributed by atoms with E-state index in [1.165, 1.54) is 6.21 Å². The van der Waals surface area contributed by atoms with Gasteiger partial charge in [0.15, 0.2) is 11.5 Å². The molecule has 0 radical (unpaired) electrons. The van der Waals surface area contributed by atoms with Gasteiger partial charge in [0.05, 0.1) is 30.0 Å². The molecule has 0 fully saturated rings. The third kappa shape index (κ3) is 5.13. The van der Waals surface area contributed by atoms with Crippen LogP contribution < -0.4 is 20.6 Å². The number of para-hydroxylation sites is 1. The SMILES string of the molecule is CCCOc1c(Cl)cc(/C=N\NC(=O)c2ccccc2N)cc1OCC. The Labute approximate surface area is 157 Å². The van der Waals surface area contributed by atoms with Gasteiger partial charge in [0.1, 0.15) is 0 Å². The molecule has 0 aromatic heterocycles. The van der Waals surface area contributed by atoms with Gasteiger partial charge in [-0.2, -0.15) is 5.10 Å². The highest BCUT2D eigenvalue weighted by Crippen LogP contribution is 2.36. The molecule has 6 nitrogen and oxygen atoms in total. The number of anilines is 1. The maximum absolute atomic E-state index is 12.1. The van der Waals surface area contributed by atoms with Gasteiger partial charge in [-0.15, -0.1) is 0 Å². The van der Waals surface area contributed by atoms with Crippen LogP contribution in [0.25, 0.3) is 0 Å². The number of halogens is 1. The number of ether oxygens (including phenoxy) is 2. The Balaban J connectivity index is 2.14. The Morgan fingerprint density at radius 2 is 2.04 bits per heavy atom. The fourth-order valence-corrected chi connectivity index (χ4v) is 2.47. The van der Waals surface area contributed by atoms with Gasteiger partial charge >= 0.3 is 0 Å². The van der Waals surface area contributed by atoms with Crippen LogP contribution in [0.5, 0.6) is 11.5 Å². The molecule has 1 amide bonds. The molecule has 0 unspecified atom stereocenters. The predicted octanol–water partition coefficient (Wildman–Crippen LogP) is 3.87. The van der Waals surface area contributed by atoms with Crippen molar-refractivity contribution in [2.24, 2.45) is 5.10 Å². The van der Waals surface area contributed by atoms with Crippen molar-refractivity contribution in [3.05, 3.63) is 52.5 Å². The Morgan fingerprint density at radius 1 is 1.27 bits per heavy atom. The van der Waals surface area contributed by atoms with E-state index in [0.29, 0.717) is 46.5 Å². The third-order valence-corrected chi connectivity index (χ3v) is 3.65. The van der Waals surface area contributed by atoms with Crippen LogP contribution in [0.15, 0.2) is 41.5 Å². The van der Waals surface area contributed by atoms with Crippen LogP contribution in [0.4, 0.5) is 5.69 Å². The van der Waals surface area contributed by atoms with Crippen molar-refractivity contribution < 1.29 is 14.3 Å². The van der Waals surface area contributed by atoms with Crippen molar-refractivity contribution >= 4 is 29.4 Å². The van der Waals surface area contributed by atoms with Crippen LogP contribution in [0.3, 0.4) is 0 Å². The van der Waals surface area contributed by atoms with Crippen molar-refractivity contribution in [3.8, 4) is 11.5 Å². The Bertz CT molecular complexity index is 794. The van der Waals surface area contributed by atoms with Crippen LogP contribution >= 0.6 is 11.6 Å². The molecule has 0 aliphatic heterocycles. The van der Waals surface area contributed by atoms with Gasteiger partial charge in [-0.05, 0) is 43.2 Å². The summed E-state index contributed by atoms with van der Waals surface area (Å²) in [5.41, 5.74) is 9.64. The van der Waals surface area contributed by atoms with Gasteiger partial charge in [-0.25, -0.2) is 5.43 Å². The van der Waals surface area contributed by atoms with E-state index in [0.717, 1.165) is 6.42 Å². The Morgan fingerprint density at radius 3 is 2.73 bits per heavy atom. The first kappa shape index (κ1) is 19.6. The van der Waals surface area contributed by atoms with E-state index in [2.05, 4.69) is 10.5 Å². The molecule has 2 aromatic carbocycles. The number of nitrogens with one attached hydrogen (secondary N) is 1. The first-order valence-corrected chi connectivity index (χ1v) is 8.71. The first-order chi connectivity index (χ1) is 12.6. The number of carbonyl (C=O) groups excluding carboxylic acids is 1. The maximum atomic E-state index is 12.1. The summed E-state index contributed by atoms with van der Waals surface area (Å²) < 4.78 is 11.2. The number of nitrogens with two attached hydrogens (primary N) is 1. The van der Waals surface area contributed by atoms with Crippen molar-refractivity contribution in [2.45, 2.75) is 20.3 Å². The summed E-state index contributed by atoms with van der Waals surface area (Å²) in [6.45, 7) is 4.91. The zero-order valence-corrected chi connectivity index (χ0v) is 15.5. The molecule has 138 valence electrons. The van der Waals surface area contributed by atoms with Crippen molar-refractivity contribution in [2.75, 3.05) is 18.9 Å². The number of amides is 1. The van der Waals surface area contributed by atoms with E-state index >= 15 is 0 Å². The number of benzene rings is 2. The molecule has 2 aromatic rings. The molecule has 2 rings (SSSR count). The lowest BCUT2D eigenvalue weighted by Gasteiger charge is -2.13. The standard InChI is InChI=1S/C19H22ClN3O3/c1-3-9-26-18-15(20)10-13(11-17(18)25-4-2)12-22-23-19(24)14-7-5-6-8-16(14)21/h5-8,10-12H,3-4,9,21H2,1-2H3,(H,23,24)/b22-12-. The quantitative estimate of drug-likeness (QED) is 0.416. The predicted molar refractivity (Wildman–Crippen MR) is 104 cm³/mol. The Hall–Kier alpha value is -2.73. The molecule has 0 heterocycles. The zero-order valence-electron chi connectivity index (χ0n) is 14.8. The highest BCUT2D eigenvalue weighted by atomic mass is 35.5. The van der Waals surface area contributed by atoms with Crippen LogP contribution in [0.2, 0.25) is 5.02 Å². The van der Waals surface area contributed by atoms with Gasteiger partial charge in [-0.3, -0.25) is 4.79 Å². The number of nitrogens with zero attached hydrogens (tertiary/aromatic N) is 1. The maximum Gasteiger partial charge on any atom is 0.273 e. The van der Waals surface area contributed by atoms with E-state index in [9.17, 15) is 4.79 Å². The van der Waals surface area contributed by atoms with Gasteiger partial charge < -0.3 is 15.2 Å². The number of hydrogen-bond acceptors (Lipinski definition) is 5. The summed E-state index contributed by atoms with van der Waals surface area (Å²) >= 11 is 6.29. The molecular formula is C19H22ClN3O3. The van der Waals surface area contributed by atoms with Crippen molar-refractivity contribution in [1.29, 1.82) is 0 Å². The lowest BCUT2D eigenvalue weighted by molar-refractivity contribution is 0.0956. The molecule has 0 bridgehead atoms. The average molecular weight is 376 g/mol. The summed E-state index contributed by atoms with van der Waals surface area (Å²) in [4.78, 5) is 12.1. The molecule has 7 heteroatoms. The largest absolute Gasteiger partial charge is 0.490 e. The number of carbonyl (C=O) groups is 1. The normalized spacial score (nSPS) is 10.7. The minimum Gasteiger partial charge on any atom is -0.490 e. The van der Waals surface area contributed by atoms with Crippen LogP contribution in [0.1, 0.15) is 36.2 Å². The summed E-state index contributed by atoms with van der Waals surface area (Å²) in [5.74, 6) is 0.653. The molecule has 0 aliphatic carbocycles. The number of nitrogen functional groups attached to an aromatic ring is 1. The second kappa shape index (κ2) is 9.68. The minimum atomic E-state index is -0.390. The first-order valence-electron chi connectivity index (χ1n) is 8.33. The summed E-state index contributed by atoms with van der Waals surface area (Å²) in [5, 5.41) is 4.38. The monoisotopic (exact) mass is 375 g/mol. The fraction of sp³-hybridized carbons (Fsp3) is 0.263. The van der Waals surface area contributed by atoms with Crippen molar-refractivity contribution in [3.63, 3.8) is 0 Å². The third-order valence-electron chi connectivity index (χ3n) is 3.37. The molecule has 0 aliphatic rings. The minimum absolute atomic E-state index is 0.362. The molecular weight excluding hydrogens is 354 g/mol. The topological polar surface area (TPSA) is 85.9 Å². The summed E-state index contributed by atoms with van der Waals surface area (Å²) in [7, 11) is 0. The lowest BCUT2D eigenvalue weighted by atomic mass is 10.2. The van der Waals surface area contributed by atoms with E-state index in [-0.39, 0.29) is 0 Å². The second-order valence-electron chi connectivity index (χ2n) is 5.40. The molecule has 3 N–H and O–H groups in total. The number of rotatable bonds is 8. The highest BCUT2D eigenvalue weighted by molar-refractivity contribution is 6.32. The number of hydrazone groups is 1.